The second kappa shape index (κ2) is 15.7. The predicted molar refractivity (Wildman–Crippen MR) is 93.6 cm³/mol. The van der Waals surface area contributed by atoms with Crippen molar-refractivity contribution in [2.24, 2.45) is 23.5 Å². The maximum Gasteiger partial charge on any atom is 4.00 e. The number of carbonyl (C=O) groups excluding carboxylic acids is 4. The second-order valence-corrected chi connectivity index (χ2v) is 7.25. The van der Waals surface area contributed by atoms with Crippen LogP contribution in [0.15, 0.2) is 0 Å². The Bertz CT molecular complexity index is 411. The molecule has 4 aliphatic rings. The number of carboxylic acid groups (broad SMARTS) is 4. The van der Waals surface area contributed by atoms with Crippen molar-refractivity contribution >= 4 is 51.2 Å². The Morgan fingerprint density at radius 1 is 0.643 bits per heavy atom. The van der Waals surface area contributed by atoms with Crippen LogP contribution < -0.4 is 26.2 Å². The molecular weight excluding hydrogens is 565 g/mol. The number of hydrogen-bond acceptors (Lipinski definition) is 9. The zero-order valence-electron chi connectivity index (χ0n) is 16.8. The van der Waals surface area contributed by atoms with Gasteiger partial charge in [-0.15, -0.1) is 0 Å². The van der Waals surface area contributed by atoms with E-state index in [1.165, 1.54) is 38.5 Å². The number of nitrogens with two attached hydrogens (primary N) is 1. The summed E-state index contributed by atoms with van der Waals surface area (Å²) in [6.07, 6.45) is 8.57. The topological polar surface area (TPSA) is 187 Å². The minimum atomic E-state index is -1.08. The van der Waals surface area contributed by atoms with Crippen molar-refractivity contribution in [3.8, 4) is 0 Å². The van der Waals surface area contributed by atoms with Crippen molar-refractivity contribution in [2.75, 3.05) is 0 Å². The number of rotatable bonds is 0. The van der Waals surface area contributed by atoms with Gasteiger partial charge in [-0.2, -0.15) is 0 Å². The van der Waals surface area contributed by atoms with E-state index in [4.69, 9.17) is 45.3 Å². The molecule has 10 heteroatoms. The van der Waals surface area contributed by atoms with Gasteiger partial charge < -0.3 is 45.3 Å². The molecule has 0 aliphatic heterocycles. The molecule has 2 N–H and O–H groups in total. The van der Waals surface area contributed by atoms with Crippen LogP contribution in [-0.4, -0.2) is 56.7 Å². The molecule has 4 saturated carbocycles. The Morgan fingerprint density at radius 2 is 0.786 bits per heavy atom. The van der Waals surface area contributed by atoms with Gasteiger partial charge in [0.15, 0.2) is 0 Å². The molecule has 0 aromatic carbocycles. The SMILES string of the molecule is CC(=O)[O-].CC(=O)[O-].CC(=O)[O-].CC(=O)[O-].NC12CC3CC(CC(C3)C1)C2.[Pb+4]. The van der Waals surface area contributed by atoms with E-state index in [1.807, 2.05) is 0 Å². The fourth-order valence-electron chi connectivity index (χ4n) is 4.18. The van der Waals surface area contributed by atoms with Gasteiger partial charge in [0.05, 0.1) is 0 Å². The molecule has 4 aliphatic carbocycles. The summed E-state index contributed by atoms with van der Waals surface area (Å²) >= 11 is 0. The van der Waals surface area contributed by atoms with E-state index in [0.717, 1.165) is 45.4 Å². The molecule has 0 aromatic rings. The van der Waals surface area contributed by atoms with Gasteiger partial charge in [0.25, 0.3) is 0 Å². The third kappa shape index (κ3) is 21.1. The van der Waals surface area contributed by atoms with Crippen molar-refractivity contribution < 1.29 is 39.6 Å². The van der Waals surface area contributed by atoms with Crippen LogP contribution in [0.1, 0.15) is 66.2 Å². The Labute approximate surface area is 185 Å². The molecule has 0 aromatic heterocycles. The fourth-order valence-corrected chi connectivity index (χ4v) is 4.18. The largest absolute Gasteiger partial charge is 4.00 e. The first kappa shape index (κ1) is 31.5. The predicted octanol–water partition coefficient (Wildman–Crippen LogP) is -3.44. The van der Waals surface area contributed by atoms with Crippen molar-refractivity contribution in [2.45, 2.75) is 71.8 Å². The van der Waals surface area contributed by atoms with Gasteiger partial charge in [0, 0.05) is 29.4 Å². The van der Waals surface area contributed by atoms with E-state index >= 15 is 0 Å². The molecule has 0 saturated heterocycles. The molecule has 9 nitrogen and oxygen atoms in total. The first-order valence-electron chi connectivity index (χ1n) is 8.66. The van der Waals surface area contributed by atoms with Crippen molar-refractivity contribution in [3.05, 3.63) is 0 Å². The van der Waals surface area contributed by atoms with Crippen LogP contribution >= 0.6 is 0 Å². The normalized spacial score (nSPS) is 27.2. The maximum absolute atomic E-state index is 8.89. The summed E-state index contributed by atoms with van der Waals surface area (Å²) in [7, 11) is 0. The molecule has 0 unspecified atom stereocenters. The molecule has 0 amide bonds. The van der Waals surface area contributed by atoms with Gasteiger partial charge >= 0.3 is 27.3 Å². The van der Waals surface area contributed by atoms with Crippen LogP contribution in [0.2, 0.25) is 0 Å². The molecule has 0 radical (unpaired) electrons. The maximum atomic E-state index is 8.89. The third-order valence-corrected chi connectivity index (χ3v) is 4.09. The molecule has 0 spiro atoms. The van der Waals surface area contributed by atoms with Gasteiger partial charge in [-0.25, -0.2) is 0 Å². The Balaban J connectivity index is -0.000000316. The van der Waals surface area contributed by atoms with Gasteiger partial charge in [0.1, 0.15) is 0 Å². The minimum absolute atomic E-state index is 0. The molecule has 4 rings (SSSR count). The monoisotopic (exact) mass is 595 g/mol. The Hall–Kier alpha value is -1.24. The first-order valence-corrected chi connectivity index (χ1v) is 8.66. The van der Waals surface area contributed by atoms with E-state index in [1.54, 1.807) is 0 Å². The van der Waals surface area contributed by atoms with E-state index in [-0.39, 0.29) is 27.3 Å². The van der Waals surface area contributed by atoms with Crippen molar-refractivity contribution in [3.63, 3.8) is 0 Å². The average molecular weight is 595 g/mol. The summed E-state index contributed by atoms with van der Waals surface area (Å²) in [4.78, 5) is 35.6. The van der Waals surface area contributed by atoms with Crippen LogP contribution in [0.5, 0.6) is 0 Å². The third-order valence-electron chi connectivity index (χ3n) is 4.09. The van der Waals surface area contributed by atoms with Gasteiger partial charge in [0.2, 0.25) is 0 Å². The number of aliphatic carboxylic acids is 4. The number of carbonyl (C=O) groups is 4. The molecule has 0 heterocycles. The van der Waals surface area contributed by atoms with Gasteiger partial charge in [-0.1, -0.05) is 0 Å². The molecule has 28 heavy (non-hydrogen) atoms. The quantitative estimate of drug-likeness (QED) is 0.279. The number of carboxylic acids is 4. The van der Waals surface area contributed by atoms with Crippen LogP contribution in [-0.2, 0) is 19.2 Å². The van der Waals surface area contributed by atoms with Crippen molar-refractivity contribution in [1.29, 1.82) is 0 Å². The first-order chi connectivity index (χ1) is 12.2. The van der Waals surface area contributed by atoms with Crippen LogP contribution in [0.4, 0.5) is 0 Å². The Morgan fingerprint density at radius 3 is 0.893 bits per heavy atom. The second-order valence-electron chi connectivity index (χ2n) is 7.25. The van der Waals surface area contributed by atoms with E-state index in [9.17, 15) is 0 Å². The zero-order valence-corrected chi connectivity index (χ0v) is 20.7. The van der Waals surface area contributed by atoms with E-state index in [2.05, 4.69) is 0 Å². The Kier molecular flexibility index (Phi) is 17.6. The van der Waals surface area contributed by atoms with Crippen LogP contribution in [0.25, 0.3) is 0 Å². The van der Waals surface area contributed by atoms with E-state index in [0.29, 0.717) is 5.54 Å². The molecule has 4 bridgehead atoms. The summed E-state index contributed by atoms with van der Waals surface area (Å²) < 4.78 is 0. The summed E-state index contributed by atoms with van der Waals surface area (Å²) in [6, 6.07) is 0. The van der Waals surface area contributed by atoms with Crippen LogP contribution in [0, 0.1) is 17.8 Å². The summed E-state index contributed by atoms with van der Waals surface area (Å²) in [6.45, 7) is 3.89. The fraction of sp³-hybridized carbons (Fsp3) is 0.778. The van der Waals surface area contributed by atoms with Gasteiger partial charge in [-0.05, 0) is 84.0 Å². The van der Waals surface area contributed by atoms with Crippen molar-refractivity contribution in [1.82, 2.24) is 0 Å². The van der Waals surface area contributed by atoms with Crippen LogP contribution in [0.3, 0.4) is 0 Å². The van der Waals surface area contributed by atoms with Gasteiger partial charge in [-0.3, -0.25) is 0 Å². The molecule has 158 valence electrons. The smallest absolute Gasteiger partial charge is 0.550 e. The molecular formula is C18H29NO8Pb. The average Bonchev–Trinajstić information content (AvgIpc) is 2.31. The minimum Gasteiger partial charge on any atom is -0.550 e. The van der Waals surface area contributed by atoms with E-state index < -0.39 is 23.9 Å². The summed E-state index contributed by atoms with van der Waals surface area (Å²) in [5.41, 5.74) is 6.62. The molecule has 4 fully saturated rings. The molecule has 0 atom stereocenters. The standard InChI is InChI=1S/C10H17N.4C2H4O2.Pb/c11-10-4-7-1-8(5-10)3-9(2-7)6-10;4*1-2(3)4;/h7-9H,1-6,11H2;4*1H3,(H,3,4);/q;;;;;+4/p-4. The summed E-state index contributed by atoms with van der Waals surface area (Å²) in [5, 5.41) is 35.6. The zero-order chi connectivity index (χ0) is 21.8. The number of hydrogen-bond donors (Lipinski definition) is 1. The summed E-state index contributed by atoms with van der Waals surface area (Å²) in [5.74, 6) is -1.27.